The van der Waals surface area contributed by atoms with Crippen LogP contribution in [0.25, 0.3) is 0 Å². The number of ether oxygens (including phenoxy) is 1. The summed E-state index contributed by atoms with van der Waals surface area (Å²) in [6.45, 7) is 4.82. The molecule has 1 aliphatic rings. The molecule has 0 aromatic carbocycles. The molecule has 2 aromatic heterocycles. The lowest BCUT2D eigenvalue weighted by atomic mass is 10.1. The maximum absolute atomic E-state index is 12.3. The van der Waals surface area contributed by atoms with Crippen LogP contribution in [0.5, 0.6) is 5.75 Å². The van der Waals surface area contributed by atoms with Gasteiger partial charge in [0.05, 0.1) is 0 Å². The Labute approximate surface area is 139 Å². The van der Waals surface area contributed by atoms with Crippen molar-refractivity contribution in [3.05, 3.63) is 45.7 Å². The fourth-order valence-corrected chi connectivity index (χ4v) is 2.80. The Hall–Kier alpha value is -2.57. The van der Waals surface area contributed by atoms with E-state index in [4.69, 9.17) is 9.26 Å². The monoisotopic (exact) mass is 331 g/mol. The summed E-state index contributed by atoms with van der Waals surface area (Å²) in [5.74, 6) is 1.10. The summed E-state index contributed by atoms with van der Waals surface area (Å²) in [6.07, 6.45) is 1.44. The SMILES string of the molecule is Cc1cc(C(=O)N2CCC(Oc3cc(C)n(C)c(=O)c3)CC2)no1. The molecule has 0 radical (unpaired) electrons. The minimum absolute atomic E-state index is 0.000369. The van der Waals surface area contributed by atoms with Gasteiger partial charge in [0.25, 0.3) is 11.5 Å². The number of hydrogen-bond acceptors (Lipinski definition) is 5. The van der Waals surface area contributed by atoms with Gasteiger partial charge in [-0.25, -0.2) is 0 Å². The summed E-state index contributed by atoms with van der Waals surface area (Å²) in [5, 5.41) is 3.77. The number of hydrogen-bond donors (Lipinski definition) is 0. The van der Waals surface area contributed by atoms with Crippen molar-refractivity contribution in [3.63, 3.8) is 0 Å². The second kappa shape index (κ2) is 6.51. The minimum atomic E-state index is -0.116. The molecule has 128 valence electrons. The van der Waals surface area contributed by atoms with E-state index in [1.54, 1.807) is 29.5 Å². The van der Waals surface area contributed by atoms with E-state index in [0.717, 1.165) is 18.5 Å². The molecule has 0 aliphatic carbocycles. The number of piperidine rings is 1. The number of carbonyl (C=O) groups is 1. The summed E-state index contributed by atoms with van der Waals surface area (Å²) >= 11 is 0. The predicted molar refractivity (Wildman–Crippen MR) is 87.2 cm³/mol. The quantitative estimate of drug-likeness (QED) is 0.855. The van der Waals surface area contributed by atoms with E-state index < -0.39 is 0 Å². The number of aryl methyl sites for hydroxylation is 2. The molecule has 1 fully saturated rings. The van der Waals surface area contributed by atoms with Gasteiger partial charge < -0.3 is 18.7 Å². The lowest BCUT2D eigenvalue weighted by Gasteiger charge is -2.31. The Balaban J connectivity index is 1.59. The van der Waals surface area contributed by atoms with Gasteiger partial charge in [0.2, 0.25) is 0 Å². The largest absolute Gasteiger partial charge is 0.490 e. The highest BCUT2D eigenvalue weighted by Gasteiger charge is 2.26. The summed E-state index contributed by atoms with van der Waals surface area (Å²) in [7, 11) is 1.73. The van der Waals surface area contributed by atoms with Gasteiger partial charge in [-0.05, 0) is 19.9 Å². The first-order chi connectivity index (χ1) is 11.4. The number of rotatable bonds is 3. The molecule has 0 unspecified atom stereocenters. The number of amides is 1. The van der Waals surface area contributed by atoms with Crippen LogP contribution in [0, 0.1) is 13.8 Å². The number of aromatic nitrogens is 2. The summed E-state index contributed by atoms with van der Waals surface area (Å²) < 4.78 is 12.5. The Morgan fingerprint density at radius 1 is 1.25 bits per heavy atom. The van der Waals surface area contributed by atoms with Crippen LogP contribution in [0.3, 0.4) is 0 Å². The first-order valence-electron chi connectivity index (χ1n) is 8.01. The van der Waals surface area contributed by atoms with E-state index in [9.17, 15) is 9.59 Å². The van der Waals surface area contributed by atoms with E-state index in [0.29, 0.717) is 30.3 Å². The van der Waals surface area contributed by atoms with Crippen molar-refractivity contribution in [1.29, 1.82) is 0 Å². The Bertz CT molecular complexity index is 800. The maximum Gasteiger partial charge on any atom is 0.276 e. The van der Waals surface area contributed by atoms with Crippen molar-refractivity contribution in [3.8, 4) is 5.75 Å². The van der Waals surface area contributed by atoms with Crippen molar-refractivity contribution in [2.45, 2.75) is 32.8 Å². The second-order valence-corrected chi connectivity index (χ2v) is 6.16. The number of likely N-dealkylation sites (tertiary alicyclic amines) is 1. The standard InChI is InChI=1S/C17H21N3O4/c1-11-8-14(10-16(21)19(11)3)23-13-4-6-20(7-5-13)17(22)15-9-12(2)24-18-15/h8-10,13H,4-7H2,1-3H3. The topological polar surface area (TPSA) is 77.6 Å². The Kier molecular flexibility index (Phi) is 4.42. The van der Waals surface area contributed by atoms with E-state index >= 15 is 0 Å². The smallest absolute Gasteiger partial charge is 0.276 e. The van der Waals surface area contributed by atoms with Crippen molar-refractivity contribution in [1.82, 2.24) is 14.6 Å². The lowest BCUT2D eigenvalue weighted by molar-refractivity contribution is 0.0586. The van der Waals surface area contributed by atoms with Crippen molar-refractivity contribution < 1.29 is 14.1 Å². The average Bonchev–Trinajstić information content (AvgIpc) is 2.99. The molecule has 3 rings (SSSR count). The fourth-order valence-electron chi connectivity index (χ4n) is 2.80. The molecule has 0 spiro atoms. The second-order valence-electron chi connectivity index (χ2n) is 6.16. The molecule has 7 nitrogen and oxygen atoms in total. The highest BCUT2D eigenvalue weighted by molar-refractivity contribution is 5.92. The number of pyridine rings is 1. The van der Waals surface area contributed by atoms with Crippen molar-refractivity contribution in [2.75, 3.05) is 13.1 Å². The molecular formula is C17H21N3O4. The average molecular weight is 331 g/mol. The van der Waals surface area contributed by atoms with Crippen LogP contribution in [0.4, 0.5) is 0 Å². The van der Waals surface area contributed by atoms with Crippen LogP contribution in [0.2, 0.25) is 0 Å². The normalized spacial score (nSPS) is 15.5. The van der Waals surface area contributed by atoms with Crippen LogP contribution >= 0.6 is 0 Å². The van der Waals surface area contributed by atoms with Crippen LogP contribution < -0.4 is 10.3 Å². The zero-order chi connectivity index (χ0) is 17.3. The molecule has 1 amide bonds. The highest BCUT2D eigenvalue weighted by Crippen LogP contribution is 2.20. The fraction of sp³-hybridized carbons (Fsp3) is 0.471. The van der Waals surface area contributed by atoms with Gasteiger partial charge in [-0.1, -0.05) is 5.16 Å². The van der Waals surface area contributed by atoms with Gasteiger partial charge in [0.1, 0.15) is 17.6 Å². The molecule has 0 N–H and O–H groups in total. The number of carbonyl (C=O) groups excluding carboxylic acids is 1. The van der Waals surface area contributed by atoms with E-state index in [-0.39, 0.29) is 17.6 Å². The molecule has 0 bridgehead atoms. The van der Waals surface area contributed by atoms with Gasteiger partial charge in [0, 0.05) is 50.8 Å². The molecule has 7 heteroatoms. The maximum atomic E-state index is 12.3. The third kappa shape index (κ3) is 3.34. The van der Waals surface area contributed by atoms with Gasteiger partial charge >= 0.3 is 0 Å². The van der Waals surface area contributed by atoms with E-state index in [1.807, 2.05) is 13.0 Å². The Morgan fingerprint density at radius 3 is 2.54 bits per heavy atom. The van der Waals surface area contributed by atoms with Crippen molar-refractivity contribution in [2.24, 2.45) is 7.05 Å². The molecule has 0 atom stereocenters. The molecule has 1 saturated heterocycles. The summed E-state index contributed by atoms with van der Waals surface area (Å²) in [6, 6.07) is 5.01. The number of nitrogens with zero attached hydrogens (tertiary/aromatic N) is 3. The molecule has 0 saturated carbocycles. The molecule has 1 aliphatic heterocycles. The van der Waals surface area contributed by atoms with Crippen LogP contribution in [0.15, 0.2) is 27.5 Å². The Morgan fingerprint density at radius 2 is 1.96 bits per heavy atom. The van der Waals surface area contributed by atoms with E-state index in [1.165, 1.54) is 6.07 Å². The first-order valence-corrected chi connectivity index (χ1v) is 8.01. The summed E-state index contributed by atoms with van der Waals surface area (Å²) in [4.78, 5) is 25.9. The van der Waals surface area contributed by atoms with Gasteiger partial charge in [-0.3, -0.25) is 9.59 Å². The molecule has 2 aromatic rings. The van der Waals surface area contributed by atoms with Gasteiger partial charge in [-0.15, -0.1) is 0 Å². The van der Waals surface area contributed by atoms with Crippen molar-refractivity contribution >= 4 is 5.91 Å². The first kappa shape index (κ1) is 16.3. The summed E-state index contributed by atoms with van der Waals surface area (Å²) in [5.41, 5.74) is 1.11. The van der Waals surface area contributed by atoms with Crippen LogP contribution in [-0.2, 0) is 7.05 Å². The predicted octanol–water partition coefficient (Wildman–Crippen LogP) is 1.67. The molecule has 3 heterocycles. The zero-order valence-corrected chi connectivity index (χ0v) is 14.1. The zero-order valence-electron chi connectivity index (χ0n) is 14.1. The lowest BCUT2D eigenvalue weighted by Crippen LogP contribution is -2.42. The van der Waals surface area contributed by atoms with Crippen LogP contribution in [-0.4, -0.2) is 39.7 Å². The molecular weight excluding hydrogens is 310 g/mol. The minimum Gasteiger partial charge on any atom is -0.490 e. The van der Waals surface area contributed by atoms with Gasteiger partial charge in [-0.2, -0.15) is 0 Å². The molecule has 24 heavy (non-hydrogen) atoms. The highest BCUT2D eigenvalue weighted by atomic mass is 16.5. The van der Waals surface area contributed by atoms with Crippen LogP contribution in [0.1, 0.15) is 34.8 Å². The third-order valence-electron chi connectivity index (χ3n) is 4.36. The van der Waals surface area contributed by atoms with Gasteiger partial charge in [0.15, 0.2) is 5.69 Å². The third-order valence-corrected chi connectivity index (χ3v) is 4.36. The van der Waals surface area contributed by atoms with E-state index in [2.05, 4.69) is 5.16 Å².